The summed E-state index contributed by atoms with van der Waals surface area (Å²) >= 11 is 0. The van der Waals surface area contributed by atoms with Gasteiger partial charge in [0.15, 0.2) is 0 Å². The molecule has 2 heteroatoms. The summed E-state index contributed by atoms with van der Waals surface area (Å²) in [6.45, 7) is 3.28. The van der Waals surface area contributed by atoms with Crippen LogP contribution in [-0.2, 0) is 4.74 Å². The lowest BCUT2D eigenvalue weighted by Crippen LogP contribution is -2.38. The van der Waals surface area contributed by atoms with E-state index in [9.17, 15) is 0 Å². The summed E-state index contributed by atoms with van der Waals surface area (Å²) in [5, 5.41) is 3.33. The number of nitrogens with one attached hydrogen (secondary N) is 1. The molecule has 2 saturated heterocycles. The van der Waals surface area contributed by atoms with E-state index in [0.717, 1.165) is 19.1 Å². The van der Waals surface area contributed by atoms with Crippen molar-refractivity contribution in [2.45, 2.75) is 18.9 Å². The molecule has 0 bridgehead atoms. The van der Waals surface area contributed by atoms with Crippen molar-refractivity contribution in [3.8, 4) is 0 Å². The van der Waals surface area contributed by atoms with Gasteiger partial charge in [-0.2, -0.15) is 0 Å². The molecule has 2 rings (SSSR count). The van der Waals surface area contributed by atoms with Crippen LogP contribution in [-0.4, -0.2) is 25.8 Å². The van der Waals surface area contributed by atoms with Gasteiger partial charge in [-0.05, 0) is 25.3 Å². The van der Waals surface area contributed by atoms with E-state index in [4.69, 9.17) is 4.74 Å². The minimum Gasteiger partial charge on any atom is -0.377 e. The van der Waals surface area contributed by atoms with E-state index in [-0.39, 0.29) is 0 Å². The van der Waals surface area contributed by atoms with Gasteiger partial charge >= 0.3 is 0 Å². The monoisotopic (exact) mass is 127 g/mol. The zero-order valence-electron chi connectivity index (χ0n) is 5.60. The number of hydrogen-bond acceptors (Lipinski definition) is 2. The average Bonchev–Trinajstić information content (AvgIpc) is 2.33. The molecule has 2 aliphatic rings. The highest BCUT2D eigenvalue weighted by atomic mass is 16.5. The van der Waals surface area contributed by atoms with E-state index in [2.05, 4.69) is 5.32 Å². The van der Waals surface area contributed by atoms with Gasteiger partial charge in [0.25, 0.3) is 0 Å². The Kier molecular flexibility index (Phi) is 1.44. The van der Waals surface area contributed by atoms with Crippen molar-refractivity contribution in [1.29, 1.82) is 0 Å². The highest BCUT2D eigenvalue weighted by Gasteiger charge is 2.29. The van der Waals surface area contributed by atoms with E-state index in [1.807, 2.05) is 0 Å². The molecule has 0 saturated carbocycles. The summed E-state index contributed by atoms with van der Waals surface area (Å²) in [4.78, 5) is 0. The summed E-state index contributed by atoms with van der Waals surface area (Å²) < 4.78 is 5.49. The minimum atomic E-state index is 0.554. The number of fused-ring (bicyclic) bond motifs is 1. The van der Waals surface area contributed by atoms with Crippen LogP contribution >= 0.6 is 0 Å². The molecule has 1 N–H and O–H groups in total. The van der Waals surface area contributed by atoms with Crippen LogP contribution in [0.15, 0.2) is 0 Å². The normalized spacial score (nSPS) is 42.7. The van der Waals surface area contributed by atoms with Gasteiger partial charge in [0, 0.05) is 13.2 Å². The summed E-state index contributed by atoms with van der Waals surface area (Å²) in [5.41, 5.74) is 0. The van der Waals surface area contributed by atoms with Crippen molar-refractivity contribution in [2.24, 2.45) is 5.92 Å². The molecule has 2 nitrogen and oxygen atoms in total. The number of piperidine rings is 1. The predicted octanol–water partition coefficient (Wildman–Crippen LogP) is 0.385. The Morgan fingerprint density at radius 3 is 3.22 bits per heavy atom. The lowest BCUT2D eigenvalue weighted by Gasteiger charge is -2.24. The Morgan fingerprint density at radius 1 is 1.33 bits per heavy atom. The molecule has 0 aromatic rings. The summed E-state index contributed by atoms with van der Waals surface area (Å²) in [5.74, 6) is 0.881. The Balaban J connectivity index is 1.97. The van der Waals surface area contributed by atoms with Crippen molar-refractivity contribution in [3.05, 3.63) is 0 Å². The fraction of sp³-hybridized carbons (Fsp3) is 1.00. The molecule has 0 spiro atoms. The third-order valence-corrected chi connectivity index (χ3v) is 2.38. The third kappa shape index (κ3) is 0.970. The van der Waals surface area contributed by atoms with Crippen LogP contribution in [0.2, 0.25) is 0 Å². The van der Waals surface area contributed by atoms with Gasteiger partial charge in [0.2, 0.25) is 0 Å². The molecule has 0 unspecified atom stereocenters. The van der Waals surface area contributed by atoms with Gasteiger partial charge in [-0.25, -0.2) is 0 Å². The van der Waals surface area contributed by atoms with Gasteiger partial charge in [-0.3, -0.25) is 0 Å². The Labute approximate surface area is 55.6 Å². The lowest BCUT2D eigenvalue weighted by atomic mass is 9.95. The molecule has 2 fully saturated rings. The molecule has 9 heavy (non-hydrogen) atoms. The Bertz CT molecular complexity index is 93.1. The van der Waals surface area contributed by atoms with Crippen LogP contribution in [0.5, 0.6) is 0 Å². The van der Waals surface area contributed by atoms with Crippen LogP contribution < -0.4 is 5.32 Å². The molecule has 0 aliphatic carbocycles. The Hall–Kier alpha value is -0.0800. The average molecular weight is 127 g/mol. The summed E-state index contributed by atoms with van der Waals surface area (Å²) in [6, 6.07) is 0. The van der Waals surface area contributed by atoms with Crippen molar-refractivity contribution in [3.63, 3.8) is 0 Å². The molecule has 2 aliphatic heterocycles. The smallest absolute Gasteiger partial charge is 0.0728 e. The molecular weight excluding hydrogens is 114 g/mol. The maximum Gasteiger partial charge on any atom is 0.0728 e. The quantitative estimate of drug-likeness (QED) is 0.508. The van der Waals surface area contributed by atoms with Crippen molar-refractivity contribution < 1.29 is 4.74 Å². The van der Waals surface area contributed by atoms with Gasteiger partial charge < -0.3 is 10.1 Å². The van der Waals surface area contributed by atoms with E-state index in [1.165, 1.54) is 19.4 Å². The van der Waals surface area contributed by atoms with Crippen LogP contribution in [0, 0.1) is 5.92 Å². The van der Waals surface area contributed by atoms with Crippen LogP contribution in [0.1, 0.15) is 12.8 Å². The van der Waals surface area contributed by atoms with E-state index in [1.54, 1.807) is 0 Å². The first-order chi connectivity index (χ1) is 4.47. The predicted molar refractivity (Wildman–Crippen MR) is 35.3 cm³/mol. The fourth-order valence-corrected chi connectivity index (χ4v) is 1.78. The second-order valence-corrected chi connectivity index (χ2v) is 2.95. The van der Waals surface area contributed by atoms with E-state index >= 15 is 0 Å². The lowest BCUT2D eigenvalue weighted by molar-refractivity contribution is 0.0763. The van der Waals surface area contributed by atoms with Crippen molar-refractivity contribution in [2.75, 3.05) is 19.7 Å². The standard InChI is InChI=1S/C7H13NO/c1-3-8-5-7-6(1)2-4-9-7/h6-8H,1-5H2/t6-,7-/m1/s1. The number of hydrogen-bond donors (Lipinski definition) is 1. The van der Waals surface area contributed by atoms with E-state index < -0.39 is 0 Å². The van der Waals surface area contributed by atoms with Crippen molar-refractivity contribution in [1.82, 2.24) is 5.32 Å². The number of ether oxygens (including phenoxy) is 1. The largest absolute Gasteiger partial charge is 0.377 e. The molecule has 0 aromatic heterocycles. The van der Waals surface area contributed by atoms with Gasteiger partial charge in [0.05, 0.1) is 6.10 Å². The highest BCUT2D eigenvalue weighted by Crippen LogP contribution is 2.25. The van der Waals surface area contributed by atoms with E-state index in [0.29, 0.717) is 6.10 Å². The zero-order chi connectivity index (χ0) is 6.10. The van der Waals surface area contributed by atoms with Gasteiger partial charge in [0.1, 0.15) is 0 Å². The molecule has 2 heterocycles. The Morgan fingerprint density at radius 2 is 2.33 bits per heavy atom. The van der Waals surface area contributed by atoms with Crippen LogP contribution in [0.3, 0.4) is 0 Å². The van der Waals surface area contributed by atoms with Crippen LogP contribution in [0.25, 0.3) is 0 Å². The topological polar surface area (TPSA) is 21.3 Å². The third-order valence-electron chi connectivity index (χ3n) is 2.38. The van der Waals surface area contributed by atoms with Crippen molar-refractivity contribution >= 4 is 0 Å². The maximum absolute atomic E-state index is 5.49. The van der Waals surface area contributed by atoms with Gasteiger partial charge in [-0.15, -0.1) is 0 Å². The molecular formula is C7H13NO. The summed E-state index contributed by atoms with van der Waals surface area (Å²) in [6.07, 6.45) is 3.18. The van der Waals surface area contributed by atoms with Gasteiger partial charge in [-0.1, -0.05) is 0 Å². The van der Waals surface area contributed by atoms with Crippen LogP contribution in [0.4, 0.5) is 0 Å². The molecule has 2 atom stereocenters. The molecule has 0 radical (unpaired) electrons. The first kappa shape index (κ1) is 5.69. The second-order valence-electron chi connectivity index (χ2n) is 2.95. The second kappa shape index (κ2) is 2.27. The fourth-order valence-electron chi connectivity index (χ4n) is 1.78. The SMILES string of the molecule is C1C[C@@H]2CCO[C@@H]2CN1. The summed E-state index contributed by atoms with van der Waals surface area (Å²) in [7, 11) is 0. The first-order valence-electron chi connectivity index (χ1n) is 3.79. The number of rotatable bonds is 0. The molecule has 52 valence electrons. The zero-order valence-corrected chi connectivity index (χ0v) is 5.60. The minimum absolute atomic E-state index is 0.554. The first-order valence-corrected chi connectivity index (χ1v) is 3.79. The molecule has 0 amide bonds. The maximum atomic E-state index is 5.49. The highest BCUT2D eigenvalue weighted by molar-refractivity contribution is 4.82. The molecule has 0 aromatic carbocycles.